The number of anilines is 1. The van der Waals surface area contributed by atoms with Crippen LogP contribution in [0.1, 0.15) is 16.7 Å². The zero-order chi connectivity index (χ0) is 13.1. The van der Waals surface area contributed by atoms with Gasteiger partial charge in [0.2, 0.25) is 0 Å². The number of nitrogens with zero attached hydrogens (tertiary/aromatic N) is 1. The Balaban J connectivity index is 2.29. The first-order chi connectivity index (χ1) is 8.58. The fourth-order valence-electron chi connectivity index (χ4n) is 1.83. The lowest BCUT2D eigenvalue weighted by atomic mass is 10.1. The van der Waals surface area contributed by atoms with Gasteiger partial charge in [-0.15, -0.1) is 0 Å². The Morgan fingerprint density at radius 3 is 2.22 bits per heavy atom. The zero-order valence-electron chi connectivity index (χ0n) is 10.4. The molecule has 0 aliphatic rings. The highest BCUT2D eigenvalue weighted by Gasteiger charge is 2.03. The van der Waals surface area contributed by atoms with Crippen LogP contribution in [-0.2, 0) is 0 Å². The number of ether oxygens (including phenoxy) is 1. The molecule has 18 heavy (non-hydrogen) atoms. The van der Waals surface area contributed by atoms with E-state index in [-0.39, 0.29) is 0 Å². The fraction of sp³-hybridized carbons (Fsp3) is 0.133. The molecule has 2 rings (SSSR count). The summed E-state index contributed by atoms with van der Waals surface area (Å²) >= 11 is 0. The molecule has 0 saturated carbocycles. The van der Waals surface area contributed by atoms with Crippen molar-refractivity contribution >= 4 is 5.69 Å². The number of rotatable bonds is 2. The van der Waals surface area contributed by atoms with Gasteiger partial charge < -0.3 is 10.5 Å². The maximum absolute atomic E-state index is 8.80. The molecule has 0 radical (unpaired) electrons. The standard InChI is InChI=1S/C15H14N2O/c1-10-5-11(2)7-14(6-10)18-13-4-3-12(9-16)15(17)8-13/h3-8H,17H2,1-2H3. The van der Waals surface area contributed by atoms with Crippen LogP contribution in [0.3, 0.4) is 0 Å². The Kier molecular flexibility index (Phi) is 3.20. The molecule has 3 nitrogen and oxygen atoms in total. The highest BCUT2D eigenvalue weighted by Crippen LogP contribution is 2.26. The Morgan fingerprint density at radius 1 is 1.00 bits per heavy atom. The Labute approximate surface area is 106 Å². The SMILES string of the molecule is Cc1cc(C)cc(Oc2ccc(C#N)c(N)c2)c1. The summed E-state index contributed by atoms with van der Waals surface area (Å²) in [5.41, 5.74) is 8.92. The smallest absolute Gasteiger partial charge is 0.129 e. The van der Waals surface area contributed by atoms with E-state index < -0.39 is 0 Å². The molecular weight excluding hydrogens is 224 g/mol. The average Bonchev–Trinajstić information content (AvgIpc) is 2.27. The van der Waals surface area contributed by atoms with E-state index in [1.165, 1.54) is 0 Å². The van der Waals surface area contributed by atoms with Crippen molar-refractivity contribution in [3.63, 3.8) is 0 Å². The molecule has 0 aliphatic heterocycles. The van der Waals surface area contributed by atoms with Crippen molar-refractivity contribution in [3.8, 4) is 17.6 Å². The van der Waals surface area contributed by atoms with E-state index >= 15 is 0 Å². The molecule has 0 amide bonds. The van der Waals surface area contributed by atoms with Crippen molar-refractivity contribution in [3.05, 3.63) is 53.1 Å². The summed E-state index contributed by atoms with van der Waals surface area (Å²) in [5.74, 6) is 1.41. The van der Waals surface area contributed by atoms with Gasteiger partial charge in [0, 0.05) is 6.07 Å². The summed E-state index contributed by atoms with van der Waals surface area (Å²) in [6.45, 7) is 4.04. The van der Waals surface area contributed by atoms with Crippen molar-refractivity contribution in [2.45, 2.75) is 13.8 Å². The van der Waals surface area contributed by atoms with Crippen LogP contribution >= 0.6 is 0 Å². The van der Waals surface area contributed by atoms with Gasteiger partial charge in [-0.2, -0.15) is 5.26 Å². The van der Waals surface area contributed by atoms with E-state index in [0.29, 0.717) is 17.0 Å². The molecule has 2 aromatic rings. The van der Waals surface area contributed by atoms with Gasteiger partial charge in [0.1, 0.15) is 17.6 Å². The van der Waals surface area contributed by atoms with Gasteiger partial charge in [-0.25, -0.2) is 0 Å². The Morgan fingerprint density at radius 2 is 1.67 bits per heavy atom. The zero-order valence-corrected chi connectivity index (χ0v) is 10.4. The topological polar surface area (TPSA) is 59.0 Å². The van der Waals surface area contributed by atoms with Gasteiger partial charge in [-0.1, -0.05) is 6.07 Å². The third kappa shape index (κ3) is 2.61. The molecule has 0 aliphatic carbocycles. The fourth-order valence-corrected chi connectivity index (χ4v) is 1.83. The molecule has 0 heterocycles. The molecule has 0 aromatic heterocycles. The number of nitriles is 1. The number of hydrogen-bond acceptors (Lipinski definition) is 3. The second-order valence-electron chi connectivity index (χ2n) is 4.29. The number of nitrogens with two attached hydrogens (primary N) is 1. The van der Waals surface area contributed by atoms with Gasteiger partial charge in [-0.3, -0.25) is 0 Å². The summed E-state index contributed by atoms with van der Waals surface area (Å²) < 4.78 is 5.73. The van der Waals surface area contributed by atoms with E-state index in [0.717, 1.165) is 16.9 Å². The van der Waals surface area contributed by atoms with Gasteiger partial charge in [0.15, 0.2) is 0 Å². The van der Waals surface area contributed by atoms with Crippen molar-refractivity contribution in [2.24, 2.45) is 0 Å². The molecule has 0 bridgehead atoms. The molecule has 90 valence electrons. The third-order valence-electron chi connectivity index (χ3n) is 2.57. The van der Waals surface area contributed by atoms with E-state index in [1.807, 2.05) is 32.0 Å². The molecule has 0 saturated heterocycles. The van der Waals surface area contributed by atoms with Crippen molar-refractivity contribution < 1.29 is 4.74 Å². The first-order valence-corrected chi connectivity index (χ1v) is 5.64. The van der Waals surface area contributed by atoms with Crippen molar-refractivity contribution in [2.75, 3.05) is 5.73 Å². The Hall–Kier alpha value is -2.47. The molecule has 0 unspecified atom stereocenters. The van der Waals surface area contributed by atoms with Crippen LogP contribution < -0.4 is 10.5 Å². The maximum Gasteiger partial charge on any atom is 0.129 e. The largest absolute Gasteiger partial charge is 0.457 e. The van der Waals surface area contributed by atoms with Crippen LogP contribution in [0, 0.1) is 25.2 Å². The number of nitrogen functional groups attached to an aromatic ring is 1. The lowest BCUT2D eigenvalue weighted by Crippen LogP contribution is -1.92. The van der Waals surface area contributed by atoms with E-state index in [1.54, 1.807) is 18.2 Å². The quantitative estimate of drug-likeness (QED) is 0.814. The van der Waals surface area contributed by atoms with Crippen molar-refractivity contribution in [1.29, 1.82) is 5.26 Å². The van der Waals surface area contributed by atoms with E-state index in [9.17, 15) is 0 Å². The lowest BCUT2D eigenvalue weighted by molar-refractivity contribution is 0.482. The van der Waals surface area contributed by atoms with Gasteiger partial charge >= 0.3 is 0 Å². The van der Waals surface area contributed by atoms with Crippen LogP contribution in [0.25, 0.3) is 0 Å². The predicted molar refractivity (Wildman–Crippen MR) is 71.6 cm³/mol. The van der Waals surface area contributed by atoms with E-state index in [4.69, 9.17) is 15.7 Å². The summed E-state index contributed by atoms with van der Waals surface area (Å²) in [7, 11) is 0. The second kappa shape index (κ2) is 4.80. The number of aryl methyl sites for hydroxylation is 2. The first kappa shape index (κ1) is 12.0. The van der Waals surface area contributed by atoms with E-state index in [2.05, 4.69) is 6.07 Å². The molecular formula is C15H14N2O. The maximum atomic E-state index is 8.80. The second-order valence-corrected chi connectivity index (χ2v) is 4.29. The monoisotopic (exact) mass is 238 g/mol. The molecule has 0 fully saturated rings. The van der Waals surface area contributed by atoms with Crippen LogP contribution in [0.4, 0.5) is 5.69 Å². The summed E-state index contributed by atoms with van der Waals surface area (Å²) in [6.07, 6.45) is 0. The van der Waals surface area contributed by atoms with Crippen LogP contribution in [0.5, 0.6) is 11.5 Å². The van der Waals surface area contributed by atoms with Gasteiger partial charge in [0.05, 0.1) is 11.3 Å². The minimum Gasteiger partial charge on any atom is -0.457 e. The third-order valence-corrected chi connectivity index (χ3v) is 2.57. The number of hydrogen-bond donors (Lipinski definition) is 1. The van der Waals surface area contributed by atoms with Crippen molar-refractivity contribution in [1.82, 2.24) is 0 Å². The average molecular weight is 238 g/mol. The predicted octanol–water partition coefficient (Wildman–Crippen LogP) is 3.55. The van der Waals surface area contributed by atoms with Crippen LogP contribution in [0.2, 0.25) is 0 Å². The summed E-state index contributed by atoms with van der Waals surface area (Å²) in [4.78, 5) is 0. The summed E-state index contributed by atoms with van der Waals surface area (Å²) in [5, 5.41) is 8.80. The highest BCUT2D eigenvalue weighted by atomic mass is 16.5. The molecule has 3 heteroatoms. The minimum atomic E-state index is 0.430. The van der Waals surface area contributed by atoms with Gasteiger partial charge in [0.25, 0.3) is 0 Å². The summed E-state index contributed by atoms with van der Waals surface area (Å²) in [6, 6.07) is 13.1. The number of benzene rings is 2. The lowest BCUT2D eigenvalue weighted by Gasteiger charge is -2.08. The normalized spacial score (nSPS) is 9.83. The highest BCUT2D eigenvalue weighted by molar-refractivity contribution is 5.57. The van der Waals surface area contributed by atoms with Crippen LogP contribution in [-0.4, -0.2) is 0 Å². The molecule has 2 aromatic carbocycles. The molecule has 0 spiro atoms. The first-order valence-electron chi connectivity index (χ1n) is 5.64. The van der Waals surface area contributed by atoms with Gasteiger partial charge in [-0.05, 0) is 49.2 Å². The molecule has 2 N–H and O–H groups in total. The van der Waals surface area contributed by atoms with Crippen LogP contribution in [0.15, 0.2) is 36.4 Å². The Bertz CT molecular complexity index is 607. The minimum absolute atomic E-state index is 0.430. The molecule has 0 atom stereocenters.